The number of anilines is 1. The first-order chi connectivity index (χ1) is 9.24. The molecule has 2 aromatic carbocycles. The maximum absolute atomic E-state index is 13.8. The van der Waals surface area contributed by atoms with Gasteiger partial charge in [-0.15, -0.1) is 0 Å². The van der Waals surface area contributed by atoms with Crippen molar-refractivity contribution < 1.29 is 4.39 Å². The summed E-state index contributed by atoms with van der Waals surface area (Å²) in [5, 5.41) is 3.38. The van der Waals surface area contributed by atoms with E-state index in [4.69, 9.17) is 0 Å². The zero-order valence-corrected chi connectivity index (χ0v) is 11.1. The summed E-state index contributed by atoms with van der Waals surface area (Å²) >= 11 is 0. The van der Waals surface area contributed by atoms with E-state index < -0.39 is 0 Å². The molecule has 0 amide bonds. The Morgan fingerprint density at radius 3 is 2.63 bits per heavy atom. The smallest absolute Gasteiger partial charge is 0.146 e. The van der Waals surface area contributed by atoms with Crippen molar-refractivity contribution in [3.8, 4) is 0 Å². The largest absolute Gasteiger partial charge is 0.379 e. The normalized spacial score (nSPS) is 17.9. The van der Waals surface area contributed by atoms with Crippen molar-refractivity contribution in [2.45, 2.75) is 32.2 Å². The van der Waals surface area contributed by atoms with E-state index in [1.165, 1.54) is 17.2 Å². The lowest BCUT2D eigenvalue weighted by molar-refractivity contribution is 0.591. The summed E-state index contributed by atoms with van der Waals surface area (Å²) in [7, 11) is 0. The van der Waals surface area contributed by atoms with Gasteiger partial charge in [-0.05, 0) is 48.9 Å². The number of hydrogen-bond donors (Lipinski definition) is 1. The van der Waals surface area contributed by atoms with Crippen LogP contribution in [-0.2, 0) is 12.8 Å². The van der Waals surface area contributed by atoms with E-state index in [0.717, 1.165) is 24.8 Å². The van der Waals surface area contributed by atoms with Gasteiger partial charge in [0.05, 0.1) is 5.69 Å². The summed E-state index contributed by atoms with van der Waals surface area (Å²) in [4.78, 5) is 0. The molecule has 19 heavy (non-hydrogen) atoms. The van der Waals surface area contributed by atoms with Gasteiger partial charge >= 0.3 is 0 Å². The van der Waals surface area contributed by atoms with E-state index in [1.807, 2.05) is 13.0 Å². The van der Waals surface area contributed by atoms with Crippen LogP contribution in [0.15, 0.2) is 42.5 Å². The minimum Gasteiger partial charge on any atom is -0.379 e. The highest BCUT2D eigenvalue weighted by molar-refractivity contribution is 5.53. The van der Waals surface area contributed by atoms with Crippen LogP contribution in [0.25, 0.3) is 0 Å². The topological polar surface area (TPSA) is 12.0 Å². The van der Waals surface area contributed by atoms with Crippen LogP contribution >= 0.6 is 0 Å². The molecule has 0 aliphatic heterocycles. The molecule has 0 saturated heterocycles. The average molecular weight is 255 g/mol. The quantitative estimate of drug-likeness (QED) is 0.851. The lowest BCUT2D eigenvalue weighted by atomic mass is 9.88. The highest BCUT2D eigenvalue weighted by Gasteiger charge is 2.19. The predicted octanol–water partition coefficient (Wildman–Crippen LogP) is 4.10. The van der Waals surface area contributed by atoms with Gasteiger partial charge in [0.1, 0.15) is 5.82 Å². The molecule has 0 spiro atoms. The lowest BCUT2D eigenvalue weighted by Gasteiger charge is -2.27. The second-order valence-electron chi connectivity index (χ2n) is 5.28. The Labute approximate surface area is 113 Å². The van der Waals surface area contributed by atoms with Gasteiger partial charge in [0.15, 0.2) is 0 Å². The third-order valence-corrected chi connectivity index (χ3v) is 3.92. The van der Waals surface area contributed by atoms with Gasteiger partial charge in [0.25, 0.3) is 0 Å². The Morgan fingerprint density at radius 1 is 1.05 bits per heavy atom. The molecule has 1 aliphatic rings. The zero-order valence-electron chi connectivity index (χ0n) is 11.1. The standard InChI is InChI=1S/C17H18FN/c1-12-5-4-8-16(18)17(12)19-15-10-9-13-6-2-3-7-14(13)11-15/h2-8,15,19H,9-11H2,1H3. The molecule has 1 aliphatic carbocycles. The lowest BCUT2D eigenvalue weighted by Crippen LogP contribution is -2.28. The Hall–Kier alpha value is -1.83. The van der Waals surface area contributed by atoms with Gasteiger partial charge in [0, 0.05) is 6.04 Å². The first-order valence-electron chi connectivity index (χ1n) is 6.82. The van der Waals surface area contributed by atoms with Crippen molar-refractivity contribution in [2.24, 2.45) is 0 Å². The molecule has 2 heteroatoms. The molecular formula is C17H18FN. The summed E-state index contributed by atoms with van der Waals surface area (Å²) < 4.78 is 13.8. The number of hydrogen-bond acceptors (Lipinski definition) is 1. The maximum Gasteiger partial charge on any atom is 0.146 e. The molecule has 0 saturated carbocycles. The number of para-hydroxylation sites is 1. The fourth-order valence-corrected chi connectivity index (χ4v) is 2.84. The van der Waals surface area contributed by atoms with Gasteiger partial charge in [-0.3, -0.25) is 0 Å². The Bertz CT molecular complexity index is 571. The predicted molar refractivity (Wildman–Crippen MR) is 77.0 cm³/mol. The number of fused-ring (bicyclic) bond motifs is 1. The van der Waals surface area contributed by atoms with Crippen LogP contribution in [0.3, 0.4) is 0 Å². The van der Waals surface area contributed by atoms with E-state index in [1.54, 1.807) is 6.07 Å². The van der Waals surface area contributed by atoms with Gasteiger partial charge in [0.2, 0.25) is 0 Å². The summed E-state index contributed by atoms with van der Waals surface area (Å²) in [6.07, 6.45) is 3.11. The zero-order chi connectivity index (χ0) is 13.2. The van der Waals surface area contributed by atoms with Crippen LogP contribution in [-0.4, -0.2) is 6.04 Å². The monoisotopic (exact) mass is 255 g/mol. The highest BCUT2D eigenvalue weighted by Crippen LogP contribution is 2.26. The minimum absolute atomic E-state index is 0.154. The Kier molecular flexibility index (Phi) is 3.24. The molecule has 1 nitrogen and oxygen atoms in total. The molecule has 1 unspecified atom stereocenters. The number of rotatable bonds is 2. The number of aryl methyl sites for hydroxylation is 2. The molecule has 0 fully saturated rings. The highest BCUT2D eigenvalue weighted by atomic mass is 19.1. The summed E-state index contributed by atoms with van der Waals surface area (Å²) in [6, 6.07) is 14.1. The van der Waals surface area contributed by atoms with Gasteiger partial charge < -0.3 is 5.32 Å². The molecule has 98 valence electrons. The molecule has 1 atom stereocenters. The molecule has 2 aromatic rings. The number of benzene rings is 2. The second-order valence-corrected chi connectivity index (χ2v) is 5.28. The fraction of sp³-hybridized carbons (Fsp3) is 0.294. The average Bonchev–Trinajstić information content (AvgIpc) is 2.43. The van der Waals surface area contributed by atoms with Crippen LogP contribution in [0.1, 0.15) is 23.1 Å². The summed E-state index contributed by atoms with van der Waals surface area (Å²) in [6.45, 7) is 1.95. The first kappa shape index (κ1) is 12.2. The van der Waals surface area contributed by atoms with Gasteiger partial charge in [-0.1, -0.05) is 36.4 Å². The van der Waals surface area contributed by atoms with Crippen LogP contribution in [0.2, 0.25) is 0 Å². The third kappa shape index (κ3) is 2.48. The Balaban J connectivity index is 1.79. The summed E-state index contributed by atoms with van der Waals surface area (Å²) in [5.74, 6) is -0.154. The van der Waals surface area contributed by atoms with Crippen molar-refractivity contribution >= 4 is 5.69 Å². The van der Waals surface area contributed by atoms with Gasteiger partial charge in [-0.25, -0.2) is 4.39 Å². The molecule has 0 heterocycles. The molecule has 0 radical (unpaired) electrons. The second kappa shape index (κ2) is 5.04. The first-order valence-corrected chi connectivity index (χ1v) is 6.82. The van der Waals surface area contributed by atoms with E-state index in [-0.39, 0.29) is 5.82 Å². The number of halogens is 1. The van der Waals surface area contributed by atoms with Crippen LogP contribution in [0, 0.1) is 12.7 Å². The van der Waals surface area contributed by atoms with Crippen molar-refractivity contribution in [3.63, 3.8) is 0 Å². The van der Waals surface area contributed by atoms with Crippen molar-refractivity contribution in [1.82, 2.24) is 0 Å². The third-order valence-electron chi connectivity index (χ3n) is 3.92. The Morgan fingerprint density at radius 2 is 1.84 bits per heavy atom. The van der Waals surface area contributed by atoms with E-state index in [9.17, 15) is 4.39 Å². The van der Waals surface area contributed by atoms with E-state index in [2.05, 4.69) is 29.6 Å². The van der Waals surface area contributed by atoms with Crippen LogP contribution in [0.5, 0.6) is 0 Å². The fourth-order valence-electron chi connectivity index (χ4n) is 2.84. The van der Waals surface area contributed by atoms with Gasteiger partial charge in [-0.2, -0.15) is 0 Å². The van der Waals surface area contributed by atoms with E-state index >= 15 is 0 Å². The molecule has 0 bridgehead atoms. The minimum atomic E-state index is -0.154. The molecule has 3 rings (SSSR count). The van der Waals surface area contributed by atoms with Crippen molar-refractivity contribution in [3.05, 3.63) is 65.0 Å². The van der Waals surface area contributed by atoms with Crippen LogP contribution < -0.4 is 5.32 Å². The maximum atomic E-state index is 13.8. The summed E-state index contributed by atoms with van der Waals surface area (Å²) in [5.41, 5.74) is 4.46. The molecule has 1 N–H and O–H groups in total. The van der Waals surface area contributed by atoms with Crippen LogP contribution in [0.4, 0.5) is 10.1 Å². The van der Waals surface area contributed by atoms with Crippen molar-refractivity contribution in [1.29, 1.82) is 0 Å². The molecule has 0 aromatic heterocycles. The van der Waals surface area contributed by atoms with Crippen molar-refractivity contribution in [2.75, 3.05) is 5.32 Å². The molecular weight excluding hydrogens is 237 g/mol. The van der Waals surface area contributed by atoms with E-state index in [0.29, 0.717) is 11.7 Å². The SMILES string of the molecule is Cc1cccc(F)c1NC1CCc2ccccc2C1. The number of nitrogens with one attached hydrogen (secondary N) is 1.